The zero-order valence-electron chi connectivity index (χ0n) is 17.4. The second kappa shape index (κ2) is 6.71. The van der Waals surface area contributed by atoms with Gasteiger partial charge >= 0.3 is 0 Å². The van der Waals surface area contributed by atoms with Crippen LogP contribution in [-0.2, 0) is 11.2 Å². The highest BCUT2D eigenvalue weighted by molar-refractivity contribution is 5.91. The van der Waals surface area contributed by atoms with Crippen LogP contribution in [0.1, 0.15) is 75.8 Å². The molecule has 28 heavy (non-hydrogen) atoms. The minimum Gasteiger partial charge on any atom is -0.295 e. The quantitative estimate of drug-likeness (QED) is 0.570. The number of rotatable bonds is 3. The number of hydrogen-bond donors (Lipinski definition) is 0. The van der Waals surface area contributed by atoms with Crippen molar-refractivity contribution in [3.8, 4) is 0 Å². The molecular weight excluding hydrogens is 340 g/mol. The molecule has 1 nitrogen and oxygen atoms in total. The van der Waals surface area contributed by atoms with E-state index in [2.05, 4.69) is 43.8 Å². The molecule has 0 aliphatic heterocycles. The standard InChI is InChI=1S/C27H34O/c1-3-19-6-8-20(9-7-19)18-27-16-12-22(28)17-21(27)10-11-23-24-5-4-14-26(24,2)15-13-25(23)27/h3,6-9,17,23-25H,1,4-5,10-16,18H2,2H3/t23-,24-,25+,26-,27+/m0/s1. The van der Waals surface area contributed by atoms with Crippen LogP contribution in [0.3, 0.4) is 0 Å². The summed E-state index contributed by atoms with van der Waals surface area (Å²) in [5, 5.41) is 0. The Hall–Kier alpha value is -1.63. The first-order valence-electron chi connectivity index (χ1n) is 11.5. The molecule has 5 rings (SSSR count). The Bertz CT molecular complexity index is 815. The first kappa shape index (κ1) is 18.4. The van der Waals surface area contributed by atoms with E-state index in [1.54, 1.807) is 0 Å². The molecule has 0 N–H and O–H groups in total. The highest BCUT2D eigenvalue weighted by Gasteiger charge is 2.57. The lowest BCUT2D eigenvalue weighted by atomic mass is 9.46. The molecule has 0 bridgehead atoms. The summed E-state index contributed by atoms with van der Waals surface area (Å²) >= 11 is 0. The molecule has 148 valence electrons. The maximum atomic E-state index is 12.3. The molecule has 0 unspecified atom stereocenters. The molecule has 5 atom stereocenters. The molecule has 0 heterocycles. The minimum absolute atomic E-state index is 0.233. The number of benzene rings is 1. The van der Waals surface area contributed by atoms with Crippen LogP contribution in [0.15, 0.2) is 42.5 Å². The van der Waals surface area contributed by atoms with E-state index < -0.39 is 0 Å². The molecule has 4 aliphatic rings. The molecular formula is C27H34O. The van der Waals surface area contributed by atoms with Crippen molar-refractivity contribution >= 4 is 11.9 Å². The zero-order valence-corrected chi connectivity index (χ0v) is 17.4. The Labute approximate surface area is 170 Å². The van der Waals surface area contributed by atoms with E-state index in [4.69, 9.17) is 0 Å². The van der Waals surface area contributed by atoms with E-state index in [1.807, 2.05) is 6.08 Å². The monoisotopic (exact) mass is 374 g/mol. The Morgan fingerprint density at radius 1 is 1.04 bits per heavy atom. The normalized spacial score (nSPS) is 39.5. The fourth-order valence-electron chi connectivity index (χ4n) is 7.82. The Morgan fingerprint density at radius 2 is 1.86 bits per heavy atom. The van der Waals surface area contributed by atoms with Gasteiger partial charge in [0.1, 0.15) is 0 Å². The number of fused-ring (bicyclic) bond motifs is 5. The number of allylic oxidation sites excluding steroid dienone is 1. The molecule has 0 amide bonds. The lowest BCUT2D eigenvalue weighted by molar-refractivity contribution is -0.117. The SMILES string of the molecule is C=Cc1ccc(C[C@]23CCC(=O)C=C2CC[C@@H]2[C@H]3CC[C@]3(C)CCC[C@@H]23)cc1. The molecule has 0 saturated heterocycles. The third kappa shape index (κ3) is 2.77. The maximum Gasteiger partial charge on any atom is 0.155 e. The van der Waals surface area contributed by atoms with Crippen molar-refractivity contribution in [2.24, 2.45) is 28.6 Å². The van der Waals surface area contributed by atoms with Crippen molar-refractivity contribution in [1.29, 1.82) is 0 Å². The van der Waals surface area contributed by atoms with Gasteiger partial charge in [0.15, 0.2) is 5.78 Å². The molecule has 3 saturated carbocycles. The summed E-state index contributed by atoms with van der Waals surface area (Å²) in [4.78, 5) is 12.3. The van der Waals surface area contributed by atoms with E-state index in [9.17, 15) is 4.79 Å². The van der Waals surface area contributed by atoms with Gasteiger partial charge in [-0.15, -0.1) is 0 Å². The first-order chi connectivity index (χ1) is 13.5. The second-order valence-electron chi connectivity index (χ2n) is 10.4. The van der Waals surface area contributed by atoms with Gasteiger partial charge in [0.25, 0.3) is 0 Å². The molecule has 1 aromatic carbocycles. The average Bonchev–Trinajstić information content (AvgIpc) is 3.11. The van der Waals surface area contributed by atoms with Gasteiger partial charge in [-0.05, 0) is 97.2 Å². The highest BCUT2D eigenvalue weighted by atomic mass is 16.1. The number of ketones is 1. The van der Waals surface area contributed by atoms with Crippen molar-refractivity contribution in [2.45, 2.75) is 71.1 Å². The molecule has 3 fully saturated rings. The van der Waals surface area contributed by atoms with E-state index in [-0.39, 0.29) is 5.41 Å². The topological polar surface area (TPSA) is 17.1 Å². The number of hydrogen-bond acceptors (Lipinski definition) is 1. The Kier molecular flexibility index (Phi) is 4.41. The van der Waals surface area contributed by atoms with Gasteiger partial charge in [-0.25, -0.2) is 0 Å². The van der Waals surface area contributed by atoms with Crippen LogP contribution < -0.4 is 0 Å². The Balaban J connectivity index is 1.53. The van der Waals surface area contributed by atoms with Crippen LogP contribution in [-0.4, -0.2) is 5.78 Å². The summed E-state index contributed by atoms with van der Waals surface area (Å²) in [6.45, 7) is 6.47. The fraction of sp³-hybridized carbons (Fsp3) is 0.593. The van der Waals surface area contributed by atoms with E-state index >= 15 is 0 Å². The summed E-state index contributed by atoms with van der Waals surface area (Å²) in [6.07, 6.45) is 16.5. The third-order valence-corrected chi connectivity index (χ3v) is 9.20. The zero-order chi connectivity index (χ0) is 19.4. The molecule has 0 radical (unpaired) electrons. The lowest BCUT2D eigenvalue weighted by Gasteiger charge is -2.58. The molecule has 1 heteroatoms. The highest BCUT2D eigenvalue weighted by Crippen LogP contribution is 2.66. The van der Waals surface area contributed by atoms with E-state index in [0.717, 1.165) is 43.4 Å². The van der Waals surface area contributed by atoms with Gasteiger partial charge in [-0.1, -0.05) is 55.8 Å². The second-order valence-corrected chi connectivity index (χ2v) is 10.4. The summed E-state index contributed by atoms with van der Waals surface area (Å²) in [6, 6.07) is 9.00. The van der Waals surface area contributed by atoms with Crippen LogP contribution >= 0.6 is 0 Å². The summed E-state index contributed by atoms with van der Waals surface area (Å²) in [7, 11) is 0. The van der Waals surface area contributed by atoms with Crippen molar-refractivity contribution in [2.75, 3.05) is 0 Å². The van der Waals surface area contributed by atoms with Crippen LogP contribution in [0.4, 0.5) is 0 Å². The predicted molar refractivity (Wildman–Crippen MR) is 116 cm³/mol. The van der Waals surface area contributed by atoms with Crippen molar-refractivity contribution in [1.82, 2.24) is 0 Å². The van der Waals surface area contributed by atoms with Crippen LogP contribution in [0.5, 0.6) is 0 Å². The largest absolute Gasteiger partial charge is 0.295 e. The lowest BCUT2D eigenvalue weighted by Crippen LogP contribution is -2.51. The first-order valence-corrected chi connectivity index (χ1v) is 11.5. The summed E-state index contributed by atoms with van der Waals surface area (Å²) in [5.74, 6) is 2.94. The predicted octanol–water partition coefficient (Wildman–Crippen LogP) is 6.77. The summed E-state index contributed by atoms with van der Waals surface area (Å²) in [5.41, 5.74) is 4.96. The molecule has 4 aliphatic carbocycles. The maximum absolute atomic E-state index is 12.3. The van der Waals surface area contributed by atoms with Gasteiger partial charge < -0.3 is 0 Å². The number of carbonyl (C=O) groups is 1. The van der Waals surface area contributed by atoms with Crippen molar-refractivity contribution in [3.63, 3.8) is 0 Å². The number of carbonyl (C=O) groups excluding carboxylic acids is 1. The smallest absolute Gasteiger partial charge is 0.155 e. The van der Waals surface area contributed by atoms with E-state index in [0.29, 0.717) is 11.2 Å². The van der Waals surface area contributed by atoms with Crippen molar-refractivity contribution in [3.05, 3.63) is 53.6 Å². The van der Waals surface area contributed by atoms with Crippen molar-refractivity contribution < 1.29 is 4.79 Å². The Morgan fingerprint density at radius 3 is 2.64 bits per heavy atom. The van der Waals surface area contributed by atoms with E-state index in [1.165, 1.54) is 55.2 Å². The minimum atomic E-state index is 0.233. The molecule has 0 aromatic heterocycles. The van der Waals surface area contributed by atoms with Crippen LogP contribution in [0, 0.1) is 28.6 Å². The van der Waals surface area contributed by atoms with Gasteiger partial charge in [0.05, 0.1) is 0 Å². The van der Waals surface area contributed by atoms with Crippen LogP contribution in [0.25, 0.3) is 6.08 Å². The van der Waals surface area contributed by atoms with Crippen LogP contribution in [0.2, 0.25) is 0 Å². The molecule has 1 aromatic rings. The van der Waals surface area contributed by atoms with Gasteiger partial charge in [0.2, 0.25) is 0 Å². The van der Waals surface area contributed by atoms with Gasteiger partial charge in [-0.2, -0.15) is 0 Å². The third-order valence-electron chi connectivity index (χ3n) is 9.20. The summed E-state index contributed by atoms with van der Waals surface area (Å²) < 4.78 is 0. The average molecular weight is 375 g/mol. The fourth-order valence-corrected chi connectivity index (χ4v) is 7.82. The van der Waals surface area contributed by atoms with Gasteiger partial charge in [0, 0.05) is 6.42 Å². The molecule has 0 spiro atoms. The van der Waals surface area contributed by atoms with Gasteiger partial charge in [-0.3, -0.25) is 4.79 Å².